The number of carbonyl (C=O) groups is 1. The van der Waals surface area contributed by atoms with Crippen LogP contribution >= 0.6 is 0 Å². The van der Waals surface area contributed by atoms with E-state index in [9.17, 15) is 4.79 Å². The number of hydrogen-bond donors (Lipinski definition) is 1. The van der Waals surface area contributed by atoms with E-state index in [4.69, 9.17) is 4.74 Å². The molecule has 0 spiro atoms. The highest BCUT2D eigenvalue weighted by Crippen LogP contribution is 2.34. The fourth-order valence-corrected chi connectivity index (χ4v) is 3.22. The van der Waals surface area contributed by atoms with E-state index in [2.05, 4.69) is 37.9 Å². The molecule has 1 rings (SSSR count). The lowest BCUT2D eigenvalue weighted by atomic mass is 9.75. The number of carbonyl (C=O) groups excluding carboxylic acids is 1. The Morgan fingerprint density at radius 2 is 1.81 bits per heavy atom. The fourth-order valence-electron chi connectivity index (χ4n) is 3.22. The second-order valence-electron chi connectivity index (χ2n) is 7.67. The maximum atomic E-state index is 12.1. The first-order valence-electron chi connectivity index (χ1n) is 8.28. The third-order valence-electron chi connectivity index (χ3n) is 4.75. The van der Waals surface area contributed by atoms with Crippen LogP contribution in [0.3, 0.4) is 0 Å². The number of nitrogens with zero attached hydrogens (tertiary/aromatic N) is 1. The van der Waals surface area contributed by atoms with Crippen molar-refractivity contribution in [3.63, 3.8) is 0 Å². The molecule has 0 saturated carbocycles. The van der Waals surface area contributed by atoms with Gasteiger partial charge in [-0.3, -0.25) is 4.79 Å². The van der Waals surface area contributed by atoms with Gasteiger partial charge >= 0.3 is 5.97 Å². The second-order valence-corrected chi connectivity index (χ2v) is 7.67. The molecule has 1 aliphatic rings. The summed E-state index contributed by atoms with van der Waals surface area (Å²) in [7, 11) is 1.47. The summed E-state index contributed by atoms with van der Waals surface area (Å²) in [6.45, 7) is 14.8. The molecule has 1 aliphatic heterocycles. The van der Waals surface area contributed by atoms with Gasteiger partial charge in [-0.2, -0.15) is 0 Å². The first-order chi connectivity index (χ1) is 9.73. The van der Waals surface area contributed by atoms with Crippen LogP contribution in [0.25, 0.3) is 0 Å². The summed E-state index contributed by atoms with van der Waals surface area (Å²) in [5, 5.41) is 3.37. The van der Waals surface area contributed by atoms with Crippen LogP contribution in [0.4, 0.5) is 0 Å². The summed E-state index contributed by atoms with van der Waals surface area (Å²) < 4.78 is 5.00. The van der Waals surface area contributed by atoms with E-state index < -0.39 is 5.54 Å². The number of hydrogen-bond acceptors (Lipinski definition) is 4. The normalized spacial score (nSPS) is 21.0. The number of rotatable bonds is 6. The Bertz CT molecular complexity index is 330. The Kier molecular flexibility index (Phi) is 6.67. The van der Waals surface area contributed by atoms with E-state index in [1.54, 1.807) is 0 Å². The van der Waals surface area contributed by atoms with Crippen molar-refractivity contribution in [3.05, 3.63) is 0 Å². The number of ether oxygens (including phenoxy) is 1. The van der Waals surface area contributed by atoms with E-state index in [0.717, 1.165) is 38.5 Å². The Morgan fingerprint density at radius 1 is 1.24 bits per heavy atom. The molecule has 0 bridgehead atoms. The van der Waals surface area contributed by atoms with Crippen LogP contribution in [0, 0.1) is 11.3 Å². The molecule has 4 heteroatoms. The number of esters is 1. The average molecular weight is 298 g/mol. The molecule has 1 heterocycles. The van der Waals surface area contributed by atoms with Crippen molar-refractivity contribution in [2.45, 2.75) is 59.4 Å². The molecular weight excluding hydrogens is 264 g/mol. The van der Waals surface area contributed by atoms with Crippen LogP contribution in [0.2, 0.25) is 0 Å². The third-order valence-corrected chi connectivity index (χ3v) is 4.75. The van der Waals surface area contributed by atoms with E-state index in [1.807, 2.05) is 6.92 Å². The van der Waals surface area contributed by atoms with Gasteiger partial charge in [-0.15, -0.1) is 0 Å². The second kappa shape index (κ2) is 7.59. The molecule has 1 fully saturated rings. The topological polar surface area (TPSA) is 41.6 Å². The summed E-state index contributed by atoms with van der Waals surface area (Å²) in [6.07, 6.45) is 3.45. The molecule has 124 valence electrons. The minimum absolute atomic E-state index is 0.158. The largest absolute Gasteiger partial charge is 0.468 e. The van der Waals surface area contributed by atoms with Gasteiger partial charge in [-0.05, 0) is 57.2 Å². The highest BCUT2D eigenvalue weighted by Gasteiger charge is 2.37. The number of nitrogens with one attached hydrogen (secondary N) is 1. The molecule has 1 saturated heterocycles. The SMILES string of the molecule is CCCNC(C)(CN1CCC(C(C)(C)C)CC1)C(=O)OC. The lowest BCUT2D eigenvalue weighted by Gasteiger charge is -2.41. The van der Waals surface area contributed by atoms with Gasteiger partial charge in [0, 0.05) is 6.54 Å². The van der Waals surface area contributed by atoms with E-state index in [0.29, 0.717) is 5.41 Å². The first-order valence-corrected chi connectivity index (χ1v) is 8.28. The molecule has 21 heavy (non-hydrogen) atoms. The molecule has 1 unspecified atom stereocenters. The lowest BCUT2D eigenvalue weighted by molar-refractivity contribution is -0.149. The highest BCUT2D eigenvalue weighted by molar-refractivity contribution is 5.80. The van der Waals surface area contributed by atoms with Gasteiger partial charge < -0.3 is 15.0 Å². The lowest BCUT2D eigenvalue weighted by Crippen LogP contribution is -2.58. The van der Waals surface area contributed by atoms with Crippen LogP contribution in [0.15, 0.2) is 0 Å². The number of piperidine rings is 1. The van der Waals surface area contributed by atoms with Gasteiger partial charge in [0.2, 0.25) is 0 Å². The van der Waals surface area contributed by atoms with Gasteiger partial charge in [0.05, 0.1) is 7.11 Å². The van der Waals surface area contributed by atoms with Gasteiger partial charge in [-0.1, -0.05) is 27.7 Å². The van der Waals surface area contributed by atoms with Crippen molar-refractivity contribution in [2.75, 3.05) is 33.3 Å². The quantitative estimate of drug-likeness (QED) is 0.766. The molecule has 1 atom stereocenters. The first kappa shape index (κ1) is 18.4. The van der Waals surface area contributed by atoms with E-state index in [-0.39, 0.29) is 5.97 Å². The molecule has 1 N–H and O–H groups in total. The third kappa shape index (κ3) is 5.26. The summed E-state index contributed by atoms with van der Waals surface area (Å²) >= 11 is 0. The van der Waals surface area contributed by atoms with Gasteiger partial charge in [0.1, 0.15) is 5.54 Å². The Hall–Kier alpha value is -0.610. The molecule has 0 aromatic heterocycles. The monoisotopic (exact) mass is 298 g/mol. The van der Waals surface area contributed by atoms with E-state index in [1.165, 1.54) is 20.0 Å². The molecule has 0 aromatic carbocycles. The fraction of sp³-hybridized carbons (Fsp3) is 0.941. The summed E-state index contributed by atoms with van der Waals surface area (Å²) in [4.78, 5) is 14.5. The Balaban J connectivity index is 2.59. The van der Waals surface area contributed by atoms with Crippen LogP contribution in [0.1, 0.15) is 53.9 Å². The van der Waals surface area contributed by atoms with Crippen molar-refractivity contribution >= 4 is 5.97 Å². The van der Waals surface area contributed by atoms with Crippen molar-refractivity contribution in [1.29, 1.82) is 0 Å². The maximum Gasteiger partial charge on any atom is 0.327 e. The van der Waals surface area contributed by atoms with Crippen molar-refractivity contribution in [2.24, 2.45) is 11.3 Å². The smallest absolute Gasteiger partial charge is 0.327 e. The minimum atomic E-state index is -0.598. The number of methoxy groups -OCH3 is 1. The highest BCUT2D eigenvalue weighted by atomic mass is 16.5. The number of likely N-dealkylation sites (tertiary alicyclic amines) is 1. The molecule has 0 aromatic rings. The standard InChI is InChI=1S/C17H34N2O2/c1-7-10-18-17(5,15(20)21-6)13-19-11-8-14(9-12-19)16(2,3)4/h14,18H,7-13H2,1-6H3. The molecule has 0 aliphatic carbocycles. The zero-order valence-electron chi connectivity index (χ0n) is 14.8. The summed E-state index contributed by atoms with van der Waals surface area (Å²) in [5.41, 5.74) is -0.211. The zero-order chi connectivity index (χ0) is 16.1. The molecular formula is C17H34N2O2. The predicted molar refractivity (Wildman–Crippen MR) is 87.3 cm³/mol. The Labute approximate surface area is 130 Å². The van der Waals surface area contributed by atoms with Gasteiger partial charge in [0.15, 0.2) is 0 Å². The predicted octanol–water partition coefficient (Wildman–Crippen LogP) is 2.68. The van der Waals surface area contributed by atoms with Crippen LogP contribution in [0.5, 0.6) is 0 Å². The van der Waals surface area contributed by atoms with E-state index >= 15 is 0 Å². The van der Waals surface area contributed by atoms with Crippen molar-refractivity contribution in [1.82, 2.24) is 10.2 Å². The minimum Gasteiger partial charge on any atom is -0.468 e. The van der Waals surface area contributed by atoms with Gasteiger partial charge in [-0.25, -0.2) is 0 Å². The maximum absolute atomic E-state index is 12.1. The van der Waals surface area contributed by atoms with Crippen molar-refractivity contribution < 1.29 is 9.53 Å². The Morgan fingerprint density at radius 3 is 2.24 bits per heavy atom. The van der Waals surface area contributed by atoms with Crippen LogP contribution in [-0.4, -0.2) is 49.7 Å². The summed E-state index contributed by atoms with van der Waals surface area (Å²) in [6, 6.07) is 0. The molecule has 4 nitrogen and oxygen atoms in total. The van der Waals surface area contributed by atoms with Crippen LogP contribution in [-0.2, 0) is 9.53 Å². The zero-order valence-corrected chi connectivity index (χ0v) is 14.8. The molecule has 0 amide bonds. The van der Waals surface area contributed by atoms with Gasteiger partial charge in [0.25, 0.3) is 0 Å². The van der Waals surface area contributed by atoms with Crippen molar-refractivity contribution in [3.8, 4) is 0 Å². The molecule has 0 radical (unpaired) electrons. The average Bonchev–Trinajstić information content (AvgIpc) is 2.43. The summed E-state index contributed by atoms with van der Waals surface area (Å²) in [5.74, 6) is 0.621. The van der Waals surface area contributed by atoms with Crippen LogP contribution < -0.4 is 5.32 Å².